The van der Waals surface area contributed by atoms with Crippen LogP contribution in [0.25, 0.3) is 0 Å². The van der Waals surface area contributed by atoms with Gasteiger partial charge in [-0.15, -0.1) is 0 Å². The van der Waals surface area contributed by atoms with Gasteiger partial charge in [0.05, 0.1) is 12.9 Å². The molecule has 0 aromatic carbocycles. The molecular weight excluding hydrogens is 186 g/mol. The van der Waals surface area contributed by atoms with Crippen molar-refractivity contribution in [2.45, 2.75) is 19.4 Å². The lowest BCUT2D eigenvalue weighted by Crippen LogP contribution is -2.37. The quantitative estimate of drug-likeness (QED) is 0.646. The Labute approximate surface area is 82.1 Å². The molecule has 14 heavy (non-hydrogen) atoms. The zero-order valence-corrected chi connectivity index (χ0v) is 7.99. The molecule has 1 aliphatic heterocycles. The fraction of sp³-hybridized carbons (Fsp3) is 0.556. The predicted molar refractivity (Wildman–Crippen MR) is 48.3 cm³/mol. The van der Waals surface area contributed by atoms with E-state index in [1.54, 1.807) is 13.0 Å². The third kappa shape index (κ3) is 3.08. The van der Waals surface area contributed by atoms with Crippen LogP contribution < -0.4 is 5.32 Å². The van der Waals surface area contributed by atoms with Gasteiger partial charge in [0.15, 0.2) is 6.10 Å². The molecule has 78 valence electrons. The van der Waals surface area contributed by atoms with Crippen LogP contribution >= 0.6 is 0 Å². The van der Waals surface area contributed by atoms with E-state index in [0.29, 0.717) is 13.0 Å². The average molecular weight is 199 g/mol. The van der Waals surface area contributed by atoms with Gasteiger partial charge < -0.3 is 14.8 Å². The summed E-state index contributed by atoms with van der Waals surface area (Å²) in [6, 6.07) is 0. The average Bonchev–Trinajstić information content (AvgIpc) is 2.67. The van der Waals surface area contributed by atoms with E-state index in [1.165, 1.54) is 6.26 Å². The van der Waals surface area contributed by atoms with E-state index in [9.17, 15) is 9.59 Å². The first-order valence-corrected chi connectivity index (χ1v) is 4.48. The normalized spacial score (nSPS) is 18.8. The molecule has 1 heterocycles. The summed E-state index contributed by atoms with van der Waals surface area (Å²) in [4.78, 5) is 22.1. The molecule has 1 rings (SSSR count). The van der Waals surface area contributed by atoms with Crippen molar-refractivity contribution < 1.29 is 19.1 Å². The van der Waals surface area contributed by atoms with Gasteiger partial charge in [-0.2, -0.15) is 0 Å². The highest BCUT2D eigenvalue weighted by Crippen LogP contribution is 2.07. The summed E-state index contributed by atoms with van der Waals surface area (Å²) >= 11 is 0. The van der Waals surface area contributed by atoms with Gasteiger partial charge in [-0.3, -0.25) is 9.59 Å². The van der Waals surface area contributed by atoms with Gasteiger partial charge in [0.25, 0.3) is 5.91 Å². The predicted octanol–water partition coefficient (Wildman–Crippen LogP) is -0.0317. The number of amides is 1. The second-order valence-corrected chi connectivity index (χ2v) is 2.76. The van der Waals surface area contributed by atoms with Crippen LogP contribution in [0.4, 0.5) is 0 Å². The van der Waals surface area contributed by atoms with Gasteiger partial charge in [-0.25, -0.2) is 0 Å². The first-order valence-electron chi connectivity index (χ1n) is 4.48. The zero-order chi connectivity index (χ0) is 10.4. The third-order valence-corrected chi connectivity index (χ3v) is 1.69. The summed E-state index contributed by atoms with van der Waals surface area (Å²) in [7, 11) is 0. The Kier molecular flexibility index (Phi) is 3.97. The molecule has 0 saturated carbocycles. The first kappa shape index (κ1) is 10.6. The van der Waals surface area contributed by atoms with Crippen LogP contribution in [-0.4, -0.2) is 31.1 Å². The van der Waals surface area contributed by atoms with Crippen LogP contribution in [0.1, 0.15) is 13.3 Å². The van der Waals surface area contributed by atoms with Gasteiger partial charge in [0, 0.05) is 6.42 Å². The molecule has 1 aliphatic rings. The lowest BCUT2D eigenvalue weighted by Gasteiger charge is -2.10. The van der Waals surface area contributed by atoms with Crippen molar-refractivity contribution in [1.82, 2.24) is 5.32 Å². The summed E-state index contributed by atoms with van der Waals surface area (Å²) in [6.07, 6.45) is 3.29. The lowest BCUT2D eigenvalue weighted by molar-refractivity contribution is -0.144. The Bertz CT molecular complexity index is 241. The molecule has 0 radical (unpaired) electrons. The first-order chi connectivity index (χ1) is 6.74. The molecule has 1 unspecified atom stereocenters. The Balaban J connectivity index is 2.17. The smallest absolute Gasteiger partial charge is 0.325 e. The van der Waals surface area contributed by atoms with Crippen LogP contribution in [0.5, 0.6) is 0 Å². The molecule has 1 amide bonds. The standard InChI is InChI=1S/C9H13NO4/c1-2-13-8(11)6-10-9(12)7-4-3-5-14-7/h3,5,7H,2,4,6H2,1H3,(H,10,12). The molecule has 0 aliphatic carbocycles. The van der Waals surface area contributed by atoms with Crippen LogP contribution in [-0.2, 0) is 19.1 Å². The van der Waals surface area contributed by atoms with Crippen molar-refractivity contribution >= 4 is 11.9 Å². The number of nitrogens with one attached hydrogen (secondary N) is 1. The van der Waals surface area contributed by atoms with Crippen molar-refractivity contribution in [2.24, 2.45) is 0 Å². The molecular formula is C9H13NO4. The maximum absolute atomic E-state index is 11.3. The number of rotatable bonds is 4. The number of hydrogen-bond donors (Lipinski definition) is 1. The van der Waals surface area contributed by atoms with E-state index in [1.807, 2.05) is 0 Å². The van der Waals surface area contributed by atoms with Crippen LogP contribution in [0.2, 0.25) is 0 Å². The molecule has 5 heteroatoms. The third-order valence-electron chi connectivity index (χ3n) is 1.69. The monoisotopic (exact) mass is 199 g/mol. The van der Waals surface area contributed by atoms with E-state index < -0.39 is 12.1 Å². The highest BCUT2D eigenvalue weighted by molar-refractivity contribution is 5.85. The number of hydrogen-bond acceptors (Lipinski definition) is 4. The summed E-state index contributed by atoms with van der Waals surface area (Å²) < 4.78 is 9.61. The maximum Gasteiger partial charge on any atom is 0.325 e. The van der Waals surface area contributed by atoms with E-state index in [0.717, 1.165) is 0 Å². The number of esters is 1. The minimum absolute atomic E-state index is 0.105. The molecule has 0 saturated heterocycles. The Morgan fingerprint density at radius 1 is 1.64 bits per heavy atom. The van der Waals surface area contributed by atoms with E-state index in [2.05, 4.69) is 10.1 Å². The molecule has 0 bridgehead atoms. The van der Waals surface area contributed by atoms with Crippen LogP contribution in [0.15, 0.2) is 12.3 Å². The highest BCUT2D eigenvalue weighted by Gasteiger charge is 2.21. The zero-order valence-electron chi connectivity index (χ0n) is 7.99. The second kappa shape index (κ2) is 5.26. The summed E-state index contributed by atoms with van der Waals surface area (Å²) in [5, 5.41) is 2.43. The minimum Gasteiger partial charge on any atom is -0.488 e. The van der Waals surface area contributed by atoms with E-state index in [-0.39, 0.29) is 12.5 Å². The minimum atomic E-state index is -0.496. The van der Waals surface area contributed by atoms with Crippen LogP contribution in [0, 0.1) is 0 Å². The highest BCUT2D eigenvalue weighted by atomic mass is 16.5. The second-order valence-electron chi connectivity index (χ2n) is 2.76. The molecule has 5 nitrogen and oxygen atoms in total. The fourth-order valence-corrected chi connectivity index (χ4v) is 1.04. The van der Waals surface area contributed by atoms with Crippen molar-refractivity contribution in [2.75, 3.05) is 13.2 Å². The number of carbonyl (C=O) groups is 2. The number of ether oxygens (including phenoxy) is 2. The van der Waals surface area contributed by atoms with Crippen molar-refractivity contribution in [3.63, 3.8) is 0 Å². The SMILES string of the molecule is CCOC(=O)CNC(=O)C1CC=CO1. The molecule has 0 aromatic rings. The molecule has 1 atom stereocenters. The molecule has 0 fully saturated rings. The largest absolute Gasteiger partial charge is 0.488 e. The van der Waals surface area contributed by atoms with Gasteiger partial charge in [-0.1, -0.05) is 0 Å². The fourth-order valence-electron chi connectivity index (χ4n) is 1.04. The van der Waals surface area contributed by atoms with Crippen molar-refractivity contribution in [1.29, 1.82) is 0 Å². The summed E-state index contributed by atoms with van der Waals surface area (Å²) in [5.74, 6) is -0.727. The number of carbonyl (C=O) groups excluding carboxylic acids is 2. The Morgan fingerprint density at radius 2 is 2.43 bits per heavy atom. The van der Waals surface area contributed by atoms with E-state index in [4.69, 9.17) is 4.74 Å². The topological polar surface area (TPSA) is 64.6 Å². The van der Waals surface area contributed by atoms with Gasteiger partial charge in [-0.05, 0) is 13.0 Å². The van der Waals surface area contributed by atoms with Crippen molar-refractivity contribution in [3.8, 4) is 0 Å². The van der Waals surface area contributed by atoms with Gasteiger partial charge in [0.2, 0.25) is 0 Å². The Hall–Kier alpha value is -1.52. The molecule has 1 N–H and O–H groups in total. The van der Waals surface area contributed by atoms with Crippen LogP contribution in [0.3, 0.4) is 0 Å². The summed E-state index contributed by atoms with van der Waals surface area (Å²) in [5.41, 5.74) is 0. The van der Waals surface area contributed by atoms with Gasteiger partial charge >= 0.3 is 5.97 Å². The Morgan fingerprint density at radius 3 is 3.00 bits per heavy atom. The summed E-state index contributed by atoms with van der Waals surface area (Å²) in [6.45, 7) is 1.92. The van der Waals surface area contributed by atoms with Crippen molar-refractivity contribution in [3.05, 3.63) is 12.3 Å². The molecule has 0 aromatic heterocycles. The van der Waals surface area contributed by atoms with Gasteiger partial charge in [0.1, 0.15) is 6.54 Å². The lowest BCUT2D eigenvalue weighted by atomic mass is 10.2. The molecule has 0 spiro atoms. The maximum atomic E-state index is 11.3. The van der Waals surface area contributed by atoms with E-state index >= 15 is 0 Å².